The second-order valence-electron chi connectivity index (χ2n) is 6.29. The van der Waals surface area contributed by atoms with Crippen molar-refractivity contribution in [1.82, 2.24) is 5.32 Å². The van der Waals surface area contributed by atoms with E-state index in [9.17, 15) is 14.0 Å². The molecule has 0 atom stereocenters. The van der Waals surface area contributed by atoms with E-state index in [1.165, 1.54) is 23.8 Å². The second kappa shape index (κ2) is 12.1. The van der Waals surface area contributed by atoms with Crippen LogP contribution in [0.5, 0.6) is 0 Å². The van der Waals surface area contributed by atoms with Crippen molar-refractivity contribution in [2.75, 3.05) is 11.9 Å². The molecule has 0 fully saturated rings. The number of esters is 1. The number of hydrogen-bond acceptors (Lipinski definition) is 4. The molecule has 0 aliphatic rings. The summed E-state index contributed by atoms with van der Waals surface area (Å²) < 4.78 is 18.3. The Kier molecular flexibility index (Phi) is 9.53. The average Bonchev–Trinajstić information content (AvgIpc) is 2.69. The summed E-state index contributed by atoms with van der Waals surface area (Å²) in [7, 11) is 0. The average molecular weight is 437 g/mol. The van der Waals surface area contributed by atoms with Crippen molar-refractivity contribution in [1.29, 1.82) is 0 Å². The van der Waals surface area contributed by atoms with Gasteiger partial charge in [0.25, 0.3) is 0 Å². The Balaban J connectivity index is 1.56. The number of rotatable bonds is 9. The van der Waals surface area contributed by atoms with E-state index in [1.54, 1.807) is 0 Å². The number of thiocarbonyl (C=S) groups is 1. The van der Waals surface area contributed by atoms with Crippen molar-refractivity contribution < 1.29 is 18.7 Å². The lowest BCUT2D eigenvalue weighted by Gasteiger charge is -2.10. The van der Waals surface area contributed by atoms with Gasteiger partial charge in [-0.3, -0.25) is 9.59 Å². The first-order valence-electron chi connectivity index (χ1n) is 9.19. The predicted octanol–water partition coefficient (Wildman–Crippen LogP) is 4.64. The molecule has 0 spiro atoms. The topological polar surface area (TPSA) is 67.4 Å². The molecule has 0 heterocycles. The van der Waals surface area contributed by atoms with E-state index in [1.807, 2.05) is 30.3 Å². The summed E-state index contributed by atoms with van der Waals surface area (Å²) >= 11 is 10.7. The molecule has 5 nitrogen and oxygen atoms in total. The largest absolute Gasteiger partial charge is 0.466 e. The summed E-state index contributed by atoms with van der Waals surface area (Å²) in [5.41, 5.74) is 1.66. The van der Waals surface area contributed by atoms with Gasteiger partial charge in [0, 0.05) is 18.5 Å². The summed E-state index contributed by atoms with van der Waals surface area (Å²) in [6, 6.07) is 14.0. The lowest BCUT2D eigenvalue weighted by Crippen LogP contribution is -2.34. The molecular formula is C21H22ClFN2O3S. The highest BCUT2D eigenvalue weighted by molar-refractivity contribution is 7.80. The van der Waals surface area contributed by atoms with Crippen LogP contribution in [-0.4, -0.2) is 23.6 Å². The fraction of sp³-hybridized carbons (Fsp3) is 0.286. The first-order chi connectivity index (χ1) is 13.9. The Hall–Kier alpha value is -2.51. The number of carbonyl (C=O) groups excluding carboxylic acids is 2. The predicted molar refractivity (Wildman–Crippen MR) is 115 cm³/mol. The zero-order valence-corrected chi connectivity index (χ0v) is 17.3. The summed E-state index contributed by atoms with van der Waals surface area (Å²) in [4.78, 5) is 23.6. The fourth-order valence-corrected chi connectivity index (χ4v) is 2.91. The molecule has 0 bridgehead atoms. The maximum absolute atomic E-state index is 13.1. The van der Waals surface area contributed by atoms with Gasteiger partial charge in [-0.25, -0.2) is 4.39 Å². The van der Waals surface area contributed by atoms with Crippen molar-refractivity contribution >= 4 is 46.5 Å². The fourth-order valence-electron chi connectivity index (χ4n) is 2.50. The van der Waals surface area contributed by atoms with E-state index in [4.69, 9.17) is 28.6 Å². The van der Waals surface area contributed by atoms with Gasteiger partial charge in [0.1, 0.15) is 5.82 Å². The summed E-state index contributed by atoms with van der Waals surface area (Å²) in [5, 5.41) is 5.26. The molecule has 0 saturated carbocycles. The molecule has 1 amide bonds. The quantitative estimate of drug-likeness (QED) is 0.340. The van der Waals surface area contributed by atoms with Crippen LogP contribution in [0.25, 0.3) is 0 Å². The molecule has 0 radical (unpaired) electrons. The zero-order chi connectivity index (χ0) is 21.1. The molecule has 8 heteroatoms. The van der Waals surface area contributed by atoms with Crippen LogP contribution in [0.2, 0.25) is 5.02 Å². The van der Waals surface area contributed by atoms with Crippen LogP contribution in [0.1, 0.15) is 31.2 Å². The molecular weight excluding hydrogens is 415 g/mol. The van der Waals surface area contributed by atoms with Crippen molar-refractivity contribution in [2.45, 2.75) is 32.1 Å². The zero-order valence-electron chi connectivity index (χ0n) is 15.8. The second-order valence-corrected chi connectivity index (χ2v) is 7.11. The molecule has 0 aromatic heterocycles. The molecule has 0 saturated heterocycles. The molecule has 2 aromatic rings. The highest BCUT2D eigenvalue weighted by Crippen LogP contribution is 2.19. The molecule has 0 unspecified atom stereocenters. The molecule has 0 aliphatic carbocycles. The van der Waals surface area contributed by atoms with Crippen LogP contribution in [0, 0.1) is 5.82 Å². The molecule has 2 aromatic carbocycles. The Labute approximate surface area is 179 Å². The van der Waals surface area contributed by atoms with E-state index in [0.29, 0.717) is 18.7 Å². The first-order valence-corrected chi connectivity index (χ1v) is 9.98. The number of aryl methyl sites for hydroxylation is 1. The Bertz CT molecular complexity index is 849. The Morgan fingerprint density at radius 2 is 1.83 bits per heavy atom. The van der Waals surface area contributed by atoms with Gasteiger partial charge in [0.2, 0.25) is 5.91 Å². The monoisotopic (exact) mass is 436 g/mol. The summed E-state index contributed by atoms with van der Waals surface area (Å²) in [6.07, 6.45) is 2.25. The normalized spacial score (nSPS) is 10.3. The van der Waals surface area contributed by atoms with Crippen LogP contribution in [-0.2, 0) is 20.7 Å². The van der Waals surface area contributed by atoms with Crippen LogP contribution in [0.15, 0.2) is 48.5 Å². The maximum atomic E-state index is 13.1. The molecule has 29 heavy (non-hydrogen) atoms. The van der Waals surface area contributed by atoms with Crippen molar-refractivity contribution in [2.24, 2.45) is 0 Å². The minimum absolute atomic E-state index is 0.0496. The Morgan fingerprint density at radius 1 is 1.07 bits per heavy atom. The third-order valence-corrected chi connectivity index (χ3v) is 4.42. The molecule has 0 aliphatic heterocycles. The standard InChI is InChI=1S/C21H22ClFN2O3S/c22-17-14-16(11-12-18(17)23)24-21(29)25-19(26)9-4-10-20(27)28-13-5-8-15-6-2-1-3-7-15/h1-3,6-7,11-12,14H,4-5,8-10,13H2,(H2,24,25,26,29). The van der Waals surface area contributed by atoms with Gasteiger partial charge in [-0.05, 0) is 55.2 Å². The van der Waals surface area contributed by atoms with Gasteiger partial charge < -0.3 is 15.4 Å². The molecule has 2 rings (SSSR count). The van der Waals surface area contributed by atoms with Gasteiger partial charge in [-0.1, -0.05) is 41.9 Å². The highest BCUT2D eigenvalue weighted by Gasteiger charge is 2.09. The van der Waals surface area contributed by atoms with Gasteiger partial charge >= 0.3 is 5.97 Å². The summed E-state index contributed by atoms with van der Waals surface area (Å²) in [5.74, 6) is -1.20. The number of halogens is 2. The smallest absolute Gasteiger partial charge is 0.305 e. The lowest BCUT2D eigenvalue weighted by atomic mass is 10.1. The van der Waals surface area contributed by atoms with Crippen LogP contribution >= 0.6 is 23.8 Å². The third kappa shape index (κ3) is 9.02. The van der Waals surface area contributed by atoms with E-state index in [2.05, 4.69) is 10.6 Å². The number of carbonyl (C=O) groups is 2. The minimum atomic E-state index is -0.542. The van der Waals surface area contributed by atoms with Crippen LogP contribution in [0.4, 0.5) is 10.1 Å². The molecule has 154 valence electrons. The Morgan fingerprint density at radius 3 is 2.55 bits per heavy atom. The van der Waals surface area contributed by atoms with Gasteiger partial charge in [0.05, 0.1) is 11.6 Å². The summed E-state index contributed by atoms with van der Waals surface area (Å²) in [6.45, 7) is 0.355. The number of anilines is 1. The number of hydrogen-bond donors (Lipinski definition) is 2. The van der Waals surface area contributed by atoms with Crippen molar-refractivity contribution in [3.8, 4) is 0 Å². The van der Waals surface area contributed by atoms with Gasteiger partial charge in [-0.15, -0.1) is 0 Å². The van der Waals surface area contributed by atoms with E-state index >= 15 is 0 Å². The van der Waals surface area contributed by atoms with E-state index in [0.717, 1.165) is 12.8 Å². The van der Waals surface area contributed by atoms with E-state index < -0.39 is 5.82 Å². The van der Waals surface area contributed by atoms with Crippen LogP contribution < -0.4 is 10.6 Å². The van der Waals surface area contributed by atoms with Gasteiger partial charge in [0.15, 0.2) is 5.11 Å². The third-order valence-electron chi connectivity index (χ3n) is 3.93. The number of nitrogens with one attached hydrogen (secondary N) is 2. The number of amides is 1. The van der Waals surface area contributed by atoms with Crippen LogP contribution in [0.3, 0.4) is 0 Å². The van der Waals surface area contributed by atoms with Crippen molar-refractivity contribution in [3.05, 3.63) is 64.9 Å². The SMILES string of the molecule is O=C(CCCC(=O)OCCCc1ccccc1)NC(=S)Nc1ccc(F)c(Cl)c1. The number of ether oxygens (including phenoxy) is 1. The maximum Gasteiger partial charge on any atom is 0.305 e. The number of benzene rings is 2. The van der Waals surface area contributed by atoms with Gasteiger partial charge in [-0.2, -0.15) is 0 Å². The first kappa shape index (κ1) is 22.8. The van der Waals surface area contributed by atoms with Crippen molar-refractivity contribution in [3.63, 3.8) is 0 Å². The molecule has 2 N–H and O–H groups in total. The van der Waals surface area contributed by atoms with E-state index in [-0.39, 0.29) is 34.9 Å². The minimum Gasteiger partial charge on any atom is -0.466 e. The highest BCUT2D eigenvalue weighted by atomic mass is 35.5. The lowest BCUT2D eigenvalue weighted by molar-refractivity contribution is -0.143.